The third-order valence-electron chi connectivity index (χ3n) is 3.06. The normalized spacial score (nSPS) is 18.0. The van der Waals surface area contributed by atoms with E-state index in [1.165, 1.54) is 12.1 Å². The van der Waals surface area contributed by atoms with E-state index in [1.807, 2.05) is 6.92 Å². The lowest BCUT2D eigenvalue weighted by Crippen LogP contribution is -2.30. The van der Waals surface area contributed by atoms with Crippen LogP contribution in [0.2, 0.25) is 0 Å². The van der Waals surface area contributed by atoms with Crippen molar-refractivity contribution in [3.8, 4) is 0 Å². The number of nitrogens with one attached hydrogen (secondary N) is 1. The average Bonchev–Trinajstić information content (AvgIpc) is 2.94. The zero-order chi connectivity index (χ0) is 12.7. The van der Waals surface area contributed by atoms with Crippen molar-refractivity contribution in [2.45, 2.75) is 24.7 Å². The van der Waals surface area contributed by atoms with Gasteiger partial charge >= 0.3 is 0 Å². The average molecular weight is 258 g/mol. The number of nitrogens with two attached hydrogens (primary N) is 1. The van der Waals surface area contributed by atoms with Gasteiger partial charge in [-0.2, -0.15) is 0 Å². The maximum absolute atomic E-state index is 13.5. The van der Waals surface area contributed by atoms with Crippen LogP contribution in [-0.4, -0.2) is 15.0 Å². The first-order chi connectivity index (χ1) is 7.84. The van der Waals surface area contributed by atoms with Crippen LogP contribution in [0, 0.1) is 11.2 Å². The summed E-state index contributed by atoms with van der Waals surface area (Å²) in [5.41, 5.74) is 5.45. The maximum Gasteiger partial charge on any atom is 0.245 e. The summed E-state index contributed by atoms with van der Waals surface area (Å²) in [6.07, 6.45) is 1.98. The molecule has 1 saturated carbocycles. The molecule has 0 unspecified atom stereocenters. The van der Waals surface area contributed by atoms with Crippen molar-refractivity contribution < 1.29 is 12.8 Å². The Bertz CT molecular complexity index is 518. The molecule has 4 nitrogen and oxygen atoms in total. The van der Waals surface area contributed by atoms with Gasteiger partial charge in [-0.05, 0) is 30.4 Å². The van der Waals surface area contributed by atoms with Crippen LogP contribution in [0.25, 0.3) is 0 Å². The Hall–Kier alpha value is -1.14. The molecule has 0 amide bonds. The molecule has 0 radical (unpaired) electrons. The summed E-state index contributed by atoms with van der Waals surface area (Å²) in [4.78, 5) is -0.454. The molecule has 0 aliphatic heterocycles. The second-order valence-electron chi connectivity index (χ2n) is 4.79. The Morgan fingerprint density at radius 1 is 1.47 bits per heavy atom. The van der Waals surface area contributed by atoms with Gasteiger partial charge in [-0.3, -0.25) is 0 Å². The summed E-state index contributed by atoms with van der Waals surface area (Å²) in [5, 5.41) is 0. The van der Waals surface area contributed by atoms with Crippen molar-refractivity contribution in [2.24, 2.45) is 5.41 Å². The number of sulfonamides is 1. The Labute approximate surface area is 100 Å². The van der Waals surface area contributed by atoms with Crippen LogP contribution in [0.5, 0.6) is 0 Å². The fraction of sp³-hybridized carbons (Fsp3) is 0.455. The van der Waals surface area contributed by atoms with Gasteiger partial charge in [0.25, 0.3) is 0 Å². The minimum Gasteiger partial charge on any atom is -0.398 e. The van der Waals surface area contributed by atoms with Crippen molar-refractivity contribution in [3.63, 3.8) is 0 Å². The van der Waals surface area contributed by atoms with Crippen LogP contribution in [0.15, 0.2) is 23.1 Å². The lowest BCUT2D eigenvalue weighted by Gasteiger charge is -2.12. The van der Waals surface area contributed by atoms with Crippen LogP contribution in [0.3, 0.4) is 0 Å². The standard InChI is InChI=1S/C11H15FN2O2S/c1-11(5-6-11)7-14-17(15,16)10-8(12)3-2-4-9(10)13/h2-4,14H,5-7,13H2,1H3. The van der Waals surface area contributed by atoms with E-state index in [0.29, 0.717) is 6.54 Å². The van der Waals surface area contributed by atoms with Crippen LogP contribution in [0.1, 0.15) is 19.8 Å². The first-order valence-corrected chi connectivity index (χ1v) is 6.86. The van der Waals surface area contributed by atoms with Gasteiger partial charge in [0.1, 0.15) is 10.7 Å². The molecule has 1 aromatic rings. The second kappa shape index (κ2) is 3.96. The fourth-order valence-corrected chi connectivity index (χ4v) is 2.93. The number of hydrogen-bond acceptors (Lipinski definition) is 3. The molecule has 1 aromatic carbocycles. The molecule has 0 bridgehead atoms. The largest absolute Gasteiger partial charge is 0.398 e. The number of benzene rings is 1. The summed E-state index contributed by atoms with van der Waals surface area (Å²) in [5.74, 6) is -0.821. The van der Waals surface area contributed by atoms with Gasteiger partial charge in [0.2, 0.25) is 10.0 Å². The molecule has 94 valence electrons. The van der Waals surface area contributed by atoms with E-state index in [9.17, 15) is 12.8 Å². The zero-order valence-electron chi connectivity index (χ0n) is 9.53. The molecule has 0 saturated heterocycles. The van der Waals surface area contributed by atoms with Crippen molar-refractivity contribution in [1.29, 1.82) is 0 Å². The Balaban J connectivity index is 2.25. The second-order valence-corrected chi connectivity index (χ2v) is 6.50. The van der Waals surface area contributed by atoms with E-state index in [4.69, 9.17) is 5.73 Å². The molecule has 6 heteroatoms. The Kier molecular flexibility index (Phi) is 2.87. The van der Waals surface area contributed by atoms with E-state index in [-0.39, 0.29) is 11.1 Å². The van der Waals surface area contributed by atoms with Gasteiger partial charge in [0.15, 0.2) is 0 Å². The summed E-state index contributed by atoms with van der Waals surface area (Å²) >= 11 is 0. The zero-order valence-corrected chi connectivity index (χ0v) is 10.3. The predicted molar refractivity (Wildman–Crippen MR) is 63.3 cm³/mol. The van der Waals surface area contributed by atoms with Gasteiger partial charge in [0, 0.05) is 6.54 Å². The third kappa shape index (κ3) is 2.58. The Morgan fingerprint density at radius 3 is 2.65 bits per heavy atom. The van der Waals surface area contributed by atoms with Crippen molar-refractivity contribution in [3.05, 3.63) is 24.0 Å². The van der Waals surface area contributed by atoms with Crippen molar-refractivity contribution >= 4 is 15.7 Å². The molecule has 0 heterocycles. The summed E-state index contributed by atoms with van der Waals surface area (Å²) in [7, 11) is -3.86. The predicted octanol–water partition coefficient (Wildman–Crippen LogP) is 1.49. The third-order valence-corrected chi connectivity index (χ3v) is 4.55. The molecule has 1 aliphatic rings. The van der Waals surface area contributed by atoms with Crippen LogP contribution >= 0.6 is 0 Å². The highest BCUT2D eigenvalue weighted by Crippen LogP contribution is 2.44. The van der Waals surface area contributed by atoms with E-state index >= 15 is 0 Å². The fourth-order valence-electron chi connectivity index (χ4n) is 1.54. The molecule has 1 fully saturated rings. The lowest BCUT2D eigenvalue weighted by atomic mass is 10.2. The smallest absolute Gasteiger partial charge is 0.245 e. The molecule has 0 spiro atoms. The maximum atomic E-state index is 13.5. The number of hydrogen-bond donors (Lipinski definition) is 2. The van der Waals surface area contributed by atoms with E-state index < -0.39 is 20.7 Å². The quantitative estimate of drug-likeness (QED) is 0.804. The first kappa shape index (κ1) is 12.3. The van der Waals surface area contributed by atoms with Gasteiger partial charge in [0.05, 0.1) is 5.69 Å². The van der Waals surface area contributed by atoms with Crippen molar-refractivity contribution in [1.82, 2.24) is 4.72 Å². The molecule has 3 N–H and O–H groups in total. The highest BCUT2D eigenvalue weighted by atomic mass is 32.2. The van der Waals surface area contributed by atoms with Gasteiger partial charge in [-0.15, -0.1) is 0 Å². The number of rotatable bonds is 4. The van der Waals surface area contributed by atoms with Crippen LogP contribution in [-0.2, 0) is 10.0 Å². The molecular formula is C11H15FN2O2S. The van der Waals surface area contributed by atoms with Gasteiger partial charge < -0.3 is 5.73 Å². The topological polar surface area (TPSA) is 72.2 Å². The molecule has 17 heavy (non-hydrogen) atoms. The van der Waals surface area contributed by atoms with E-state index in [0.717, 1.165) is 18.9 Å². The highest BCUT2D eigenvalue weighted by molar-refractivity contribution is 7.89. The summed E-state index contributed by atoms with van der Waals surface area (Å²) in [6, 6.07) is 3.84. The summed E-state index contributed by atoms with van der Waals surface area (Å²) < 4.78 is 39.7. The summed E-state index contributed by atoms with van der Waals surface area (Å²) in [6.45, 7) is 2.31. The number of anilines is 1. The Morgan fingerprint density at radius 2 is 2.12 bits per heavy atom. The SMILES string of the molecule is CC1(CNS(=O)(=O)c2c(N)cccc2F)CC1. The minimum atomic E-state index is -3.86. The van der Waals surface area contributed by atoms with Crippen LogP contribution in [0.4, 0.5) is 10.1 Å². The number of nitrogen functional groups attached to an aromatic ring is 1. The molecular weight excluding hydrogens is 243 g/mol. The monoisotopic (exact) mass is 258 g/mol. The van der Waals surface area contributed by atoms with Crippen LogP contribution < -0.4 is 10.5 Å². The van der Waals surface area contributed by atoms with Gasteiger partial charge in [-0.1, -0.05) is 13.0 Å². The minimum absolute atomic E-state index is 0.0209. The highest BCUT2D eigenvalue weighted by Gasteiger charge is 2.38. The molecule has 1 aliphatic carbocycles. The molecule has 0 aromatic heterocycles. The van der Waals surface area contributed by atoms with E-state index in [1.54, 1.807) is 0 Å². The van der Waals surface area contributed by atoms with Gasteiger partial charge in [-0.25, -0.2) is 17.5 Å². The first-order valence-electron chi connectivity index (χ1n) is 5.38. The van der Waals surface area contributed by atoms with E-state index in [2.05, 4.69) is 4.72 Å². The lowest BCUT2D eigenvalue weighted by molar-refractivity contribution is 0.523. The molecule has 2 rings (SSSR count). The number of halogens is 1. The molecule has 0 atom stereocenters. The van der Waals surface area contributed by atoms with Crippen molar-refractivity contribution in [2.75, 3.05) is 12.3 Å².